The van der Waals surface area contributed by atoms with E-state index in [-0.39, 0.29) is 5.91 Å². The highest BCUT2D eigenvalue weighted by molar-refractivity contribution is 5.95. The van der Waals surface area contributed by atoms with Gasteiger partial charge in [0.1, 0.15) is 0 Å². The summed E-state index contributed by atoms with van der Waals surface area (Å²) in [6.07, 6.45) is 1.91. The van der Waals surface area contributed by atoms with Gasteiger partial charge in [-0.15, -0.1) is 0 Å². The zero-order chi connectivity index (χ0) is 27.6. The van der Waals surface area contributed by atoms with Crippen LogP contribution in [0.15, 0.2) is 42.7 Å². The van der Waals surface area contributed by atoms with Crippen LogP contribution in [-0.4, -0.2) is 77.7 Å². The zero-order valence-electron chi connectivity index (χ0n) is 21.9. The van der Waals surface area contributed by atoms with E-state index >= 15 is 0 Å². The van der Waals surface area contributed by atoms with Crippen molar-refractivity contribution in [2.45, 2.75) is 51.9 Å². The molecule has 0 aliphatic carbocycles. The van der Waals surface area contributed by atoms with Crippen molar-refractivity contribution in [3.05, 3.63) is 53.9 Å². The molecular weight excluding hydrogens is 485 g/mol. The van der Waals surface area contributed by atoms with Gasteiger partial charge in [0.25, 0.3) is 5.91 Å². The fraction of sp³-hybridized carbons (Fsp3) is 0.519. The van der Waals surface area contributed by atoms with Crippen molar-refractivity contribution < 1.29 is 27.9 Å². The molecule has 1 aliphatic rings. The normalized spacial score (nSPS) is 15.6. The number of halogens is 3. The minimum Gasteiger partial charge on any atom is -0.475 e. The Kier molecular flexibility index (Phi) is 11.5. The van der Waals surface area contributed by atoms with Crippen LogP contribution in [0.3, 0.4) is 0 Å². The molecule has 7 nitrogen and oxygen atoms in total. The Bertz CT molecular complexity index is 1020. The molecule has 0 bridgehead atoms. The quantitative estimate of drug-likeness (QED) is 0.524. The molecule has 0 saturated carbocycles. The number of hydrogen-bond acceptors (Lipinski definition) is 5. The maximum Gasteiger partial charge on any atom is 0.490 e. The van der Waals surface area contributed by atoms with Gasteiger partial charge in [-0.25, -0.2) is 4.79 Å². The molecule has 1 atom stereocenters. The summed E-state index contributed by atoms with van der Waals surface area (Å²) in [7, 11) is 4.43. The first-order valence-electron chi connectivity index (χ1n) is 12.4. The lowest BCUT2D eigenvalue weighted by Gasteiger charge is -2.35. The summed E-state index contributed by atoms with van der Waals surface area (Å²) in [4.78, 5) is 30.6. The van der Waals surface area contributed by atoms with Crippen LogP contribution in [0.25, 0.3) is 11.1 Å². The number of rotatable bonds is 8. The van der Waals surface area contributed by atoms with Crippen molar-refractivity contribution in [2.24, 2.45) is 5.92 Å². The van der Waals surface area contributed by atoms with Crippen molar-refractivity contribution in [3.8, 4) is 11.1 Å². The summed E-state index contributed by atoms with van der Waals surface area (Å²) in [5.41, 5.74) is 3.99. The SMILES string of the molecule is CC[C@H](C)CNC(=O)c1cncc(-c2cccc(CN(C)C3CCN(C)CC3)c2)c1.O=C(O)C(F)(F)F. The first-order chi connectivity index (χ1) is 17.4. The van der Waals surface area contributed by atoms with E-state index in [1.165, 1.54) is 31.5 Å². The first kappa shape index (κ1) is 30.2. The number of carbonyl (C=O) groups is 2. The minimum atomic E-state index is -5.08. The topological polar surface area (TPSA) is 85.8 Å². The van der Waals surface area contributed by atoms with Gasteiger partial charge in [0.2, 0.25) is 0 Å². The maximum absolute atomic E-state index is 12.5. The number of hydrogen-bond donors (Lipinski definition) is 2. The average molecular weight is 523 g/mol. The average Bonchev–Trinajstić information content (AvgIpc) is 2.87. The van der Waals surface area contributed by atoms with Crippen LogP contribution in [-0.2, 0) is 11.3 Å². The number of nitrogens with one attached hydrogen (secondary N) is 1. The molecule has 1 fully saturated rings. The zero-order valence-corrected chi connectivity index (χ0v) is 21.9. The van der Waals surface area contributed by atoms with Crippen LogP contribution in [0.4, 0.5) is 13.2 Å². The van der Waals surface area contributed by atoms with Gasteiger partial charge in [-0.05, 0) is 69.2 Å². The number of aliphatic carboxylic acids is 1. The fourth-order valence-electron chi connectivity index (χ4n) is 3.94. The van der Waals surface area contributed by atoms with Crippen LogP contribution >= 0.6 is 0 Å². The molecule has 2 heterocycles. The molecule has 0 radical (unpaired) electrons. The number of nitrogens with zero attached hydrogens (tertiary/aromatic N) is 3. The number of alkyl halides is 3. The number of piperidine rings is 1. The minimum absolute atomic E-state index is 0.0530. The van der Waals surface area contributed by atoms with Crippen molar-refractivity contribution in [3.63, 3.8) is 0 Å². The van der Waals surface area contributed by atoms with Gasteiger partial charge >= 0.3 is 12.1 Å². The van der Waals surface area contributed by atoms with E-state index in [0.29, 0.717) is 24.1 Å². The lowest BCUT2D eigenvalue weighted by Crippen LogP contribution is -2.41. The number of aromatic nitrogens is 1. The van der Waals surface area contributed by atoms with Crippen molar-refractivity contribution in [2.75, 3.05) is 33.7 Å². The molecule has 0 spiro atoms. The van der Waals surface area contributed by atoms with Crippen molar-refractivity contribution >= 4 is 11.9 Å². The molecule has 204 valence electrons. The summed E-state index contributed by atoms with van der Waals surface area (Å²) in [6.45, 7) is 8.25. The van der Waals surface area contributed by atoms with Crippen LogP contribution < -0.4 is 5.32 Å². The Hall–Kier alpha value is -2.98. The second-order valence-electron chi connectivity index (χ2n) is 9.64. The van der Waals surface area contributed by atoms with E-state index in [9.17, 15) is 18.0 Å². The van der Waals surface area contributed by atoms with Crippen LogP contribution in [0.5, 0.6) is 0 Å². The van der Waals surface area contributed by atoms with Gasteiger partial charge in [-0.3, -0.25) is 14.7 Å². The molecule has 1 aliphatic heterocycles. The third-order valence-electron chi connectivity index (χ3n) is 6.55. The molecule has 0 unspecified atom stereocenters. The standard InChI is InChI=1S/C25H36N4O.C2HF3O2/c1-5-19(2)15-27-25(30)23-14-22(16-26-17-23)21-8-6-7-20(13-21)18-29(4)24-9-11-28(3)12-10-24;3-2(4,5)1(6)7/h6-8,13-14,16-17,19,24H,5,9-12,15,18H2,1-4H3,(H,27,30);(H,6,7)/t19-;/m0./s1. The van der Waals surface area contributed by atoms with E-state index in [2.05, 4.69) is 72.3 Å². The second-order valence-corrected chi connectivity index (χ2v) is 9.64. The first-order valence-corrected chi connectivity index (χ1v) is 12.4. The van der Waals surface area contributed by atoms with Crippen LogP contribution in [0.2, 0.25) is 0 Å². The third kappa shape index (κ3) is 10.1. The molecule has 1 saturated heterocycles. The molecule has 2 aromatic rings. The number of benzene rings is 1. The molecule has 10 heteroatoms. The third-order valence-corrected chi connectivity index (χ3v) is 6.55. The summed E-state index contributed by atoms with van der Waals surface area (Å²) in [6, 6.07) is 11.2. The molecule has 1 amide bonds. The Labute approximate surface area is 216 Å². The molecule has 3 rings (SSSR count). The lowest BCUT2D eigenvalue weighted by molar-refractivity contribution is -0.192. The summed E-state index contributed by atoms with van der Waals surface area (Å²) < 4.78 is 31.7. The number of amides is 1. The Balaban J connectivity index is 0.000000604. The largest absolute Gasteiger partial charge is 0.490 e. The maximum atomic E-state index is 12.5. The fourth-order valence-corrected chi connectivity index (χ4v) is 3.94. The molecule has 2 N–H and O–H groups in total. The van der Waals surface area contributed by atoms with E-state index in [1.807, 2.05) is 12.3 Å². The predicted octanol–water partition coefficient (Wildman–Crippen LogP) is 4.68. The number of likely N-dealkylation sites (tertiary alicyclic amines) is 1. The smallest absolute Gasteiger partial charge is 0.475 e. The monoisotopic (exact) mass is 522 g/mol. The number of carbonyl (C=O) groups excluding carboxylic acids is 1. The van der Waals surface area contributed by atoms with Gasteiger partial charge in [-0.1, -0.05) is 38.5 Å². The van der Waals surface area contributed by atoms with Gasteiger partial charge in [0, 0.05) is 37.1 Å². The number of carboxylic acids is 1. The van der Waals surface area contributed by atoms with Crippen molar-refractivity contribution in [1.29, 1.82) is 0 Å². The molecular formula is C27H37F3N4O3. The van der Waals surface area contributed by atoms with Gasteiger partial charge in [-0.2, -0.15) is 13.2 Å². The molecule has 37 heavy (non-hydrogen) atoms. The summed E-state index contributed by atoms with van der Waals surface area (Å²) in [5.74, 6) is -2.33. The van der Waals surface area contributed by atoms with E-state index in [4.69, 9.17) is 9.90 Å². The Morgan fingerprint density at radius 1 is 1.19 bits per heavy atom. The van der Waals surface area contributed by atoms with E-state index < -0.39 is 12.1 Å². The van der Waals surface area contributed by atoms with Gasteiger partial charge in [0.15, 0.2) is 0 Å². The van der Waals surface area contributed by atoms with Crippen LogP contribution in [0.1, 0.15) is 49.0 Å². The Morgan fingerprint density at radius 2 is 1.84 bits per heavy atom. The highest BCUT2D eigenvalue weighted by Gasteiger charge is 2.38. The predicted molar refractivity (Wildman–Crippen MR) is 137 cm³/mol. The van der Waals surface area contributed by atoms with Gasteiger partial charge < -0.3 is 15.3 Å². The number of pyridine rings is 1. The molecule has 1 aromatic heterocycles. The van der Waals surface area contributed by atoms with Crippen molar-refractivity contribution in [1.82, 2.24) is 20.1 Å². The summed E-state index contributed by atoms with van der Waals surface area (Å²) in [5, 5.41) is 10.1. The highest BCUT2D eigenvalue weighted by Crippen LogP contribution is 2.23. The van der Waals surface area contributed by atoms with Crippen LogP contribution in [0, 0.1) is 5.92 Å². The lowest BCUT2D eigenvalue weighted by atomic mass is 10.0. The Morgan fingerprint density at radius 3 is 2.43 bits per heavy atom. The van der Waals surface area contributed by atoms with E-state index in [0.717, 1.165) is 24.1 Å². The highest BCUT2D eigenvalue weighted by atomic mass is 19.4. The van der Waals surface area contributed by atoms with E-state index in [1.54, 1.807) is 6.20 Å². The number of carboxylic acid groups (broad SMARTS) is 1. The second kappa shape index (κ2) is 14.1. The molecule has 1 aromatic carbocycles. The summed E-state index contributed by atoms with van der Waals surface area (Å²) >= 11 is 0. The van der Waals surface area contributed by atoms with Gasteiger partial charge in [0.05, 0.1) is 5.56 Å².